The first-order valence-corrected chi connectivity index (χ1v) is 9.07. The molecule has 4 rings (SSSR count). The van der Waals surface area contributed by atoms with Crippen molar-refractivity contribution in [1.29, 1.82) is 0 Å². The topological polar surface area (TPSA) is 52.7 Å². The zero-order valence-corrected chi connectivity index (χ0v) is 16.2. The van der Waals surface area contributed by atoms with Crippen LogP contribution in [0.15, 0.2) is 47.1 Å². The zero-order chi connectivity index (χ0) is 19.0. The van der Waals surface area contributed by atoms with Crippen LogP contribution in [0.5, 0.6) is 11.5 Å². The number of fused-ring (bicyclic) bond motifs is 1. The molecule has 1 aromatic carbocycles. The molecule has 6 heteroatoms. The van der Waals surface area contributed by atoms with E-state index < -0.39 is 0 Å². The fourth-order valence-corrected chi connectivity index (χ4v) is 3.69. The van der Waals surface area contributed by atoms with Gasteiger partial charge in [0.2, 0.25) is 6.79 Å². The second-order valence-electron chi connectivity index (χ2n) is 8.01. The highest BCUT2D eigenvalue weighted by Gasteiger charge is 2.22. The van der Waals surface area contributed by atoms with Crippen LogP contribution < -0.4 is 9.47 Å². The predicted octanol–water partition coefficient (Wildman–Crippen LogP) is 4.13. The van der Waals surface area contributed by atoms with E-state index in [9.17, 15) is 0 Å². The Kier molecular flexibility index (Phi) is 4.44. The molecule has 1 aliphatic heterocycles. The van der Waals surface area contributed by atoms with Crippen LogP contribution in [0, 0.1) is 5.41 Å². The number of ether oxygens (including phenoxy) is 2. The Labute approximate surface area is 159 Å². The maximum atomic E-state index is 6.12. The molecule has 142 valence electrons. The van der Waals surface area contributed by atoms with Crippen LogP contribution in [0.3, 0.4) is 0 Å². The van der Waals surface area contributed by atoms with Crippen LogP contribution in [-0.2, 0) is 6.54 Å². The summed E-state index contributed by atoms with van der Waals surface area (Å²) in [4.78, 5) is 6.74. The van der Waals surface area contributed by atoms with E-state index in [1.165, 1.54) is 0 Å². The molecule has 0 fully saturated rings. The highest BCUT2D eigenvalue weighted by molar-refractivity contribution is 5.65. The lowest BCUT2D eigenvalue weighted by molar-refractivity contribution is 0.174. The van der Waals surface area contributed by atoms with Gasteiger partial charge in [0, 0.05) is 31.0 Å². The van der Waals surface area contributed by atoms with E-state index in [-0.39, 0.29) is 12.2 Å². The number of aromatic nitrogens is 2. The molecule has 0 atom stereocenters. The number of hydrogen-bond acceptors (Lipinski definition) is 5. The smallest absolute Gasteiger partial charge is 0.231 e. The second kappa shape index (κ2) is 6.78. The molecule has 3 aromatic rings. The van der Waals surface area contributed by atoms with E-state index in [0.717, 1.165) is 47.5 Å². The van der Waals surface area contributed by atoms with Gasteiger partial charge in [-0.2, -0.15) is 0 Å². The molecule has 0 bridgehead atoms. The summed E-state index contributed by atoms with van der Waals surface area (Å²) in [6.07, 6.45) is 3.83. The van der Waals surface area contributed by atoms with Gasteiger partial charge in [-0.05, 0) is 49.8 Å². The molecule has 6 nitrogen and oxygen atoms in total. The summed E-state index contributed by atoms with van der Waals surface area (Å²) < 4.78 is 19.1. The third-order valence-corrected chi connectivity index (χ3v) is 4.54. The summed E-state index contributed by atoms with van der Waals surface area (Å²) in [6.45, 7) is 6.64. The molecule has 2 aromatic heterocycles. The normalized spacial score (nSPS) is 13.5. The van der Waals surface area contributed by atoms with Gasteiger partial charge in [-0.25, -0.2) is 4.98 Å². The van der Waals surface area contributed by atoms with E-state index in [0.29, 0.717) is 0 Å². The molecule has 0 unspecified atom stereocenters. The molecule has 0 N–H and O–H groups in total. The fourth-order valence-electron chi connectivity index (χ4n) is 3.69. The van der Waals surface area contributed by atoms with Gasteiger partial charge in [-0.3, -0.25) is 0 Å². The highest BCUT2D eigenvalue weighted by Crippen LogP contribution is 2.37. The van der Waals surface area contributed by atoms with Crippen molar-refractivity contribution in [3.63, 3.8) is 0 Å². The number of imidazole rings is 1. The maximum Gasteiger partial charge on any atom is 0.231 e. The summed E-state index contributed by atoms with van der Waals surface area (Å²) >= 11 is 0. The average molecular weight is 367 g/mol. The van der Waals surface area contributed by atoms with Crippen molar-refractivity contribution >= 4 is 0 Å². The standard InChI is InChI=1S/C21H25N3O3/c1-21(2,12-23(3)4)13-24-10-9-22-20(24)18-8-7-16(27-18)15-5-6-17-19(11-15)26-14-25-17/h5-11H,12-14H2,1-4H3. The van der Waals surface area contributed by atoms with Crippen LogP contribution >= 0.6 is 0 Å². The Morgan fingerprint density at radius 2 is 1.85 bits per heavy atom. The number of hydrogen-bond donors (Lipinski definition) is 0. The minimum absolute atomic E-state index is 0.117. The van der Waals surface area contributed by atoms with Crippen LogP contribution in [0.25, 0.3) is 22.9 Å². The third kappa shape index (κ3) is 3.71. The van der Waals surface area contributed by atoms with Crippen molar-refractivity contribution in [3.8, 4) is 34.4 Å². The highest BCUT2D eigenvalue weighted by atomic mass is 16.7. The van der Waals surface area contributed by atoms with E-state index >= 15 is 0 Å². The van der Waals surface area contributed by atoms with Crippen LogP contribution in [0.4, 0.5) is 0 Å². The minimum atomic E-state index is 0.117. The molecule has 0 spiro atoms. The first-order chi connectivity index (χ1) is 12.9. The van der Waals surface area contributed by atoms with E-state index in [2.05, 4.69) is 42.4 Å². The van der Waals surface area contributed by atoms with Gasteiger partial charge in [-0.15, -0.1) is 0 Å². The van der Waals surface area contributed by atoms with Gasteiger partial charge in [0.05, 0.1) is 0 Å². The van der Waals surface area contributed by atoms with Gasteiger partial charge >= 0.3 is 0 Å². The van der Waals surface area contributed by atoms with Crippen molar-refractivity contribution in [2.75, 3.05) is 27.4 Å². The monoisotopic (exact) mass is 367 g/mol. The summed E-state index contributed by atoms with van der Waals surface area (Å²) in [5, 5.41) is 0. The molecular weight excluding hydrogens is 342 g/mol. The quantitative estimate of drug-likeness (QED) is 0.656. The van der Waals surface area contributed by atoms with Crippen molar-refractivity contribution < 1.29 is 13.9 Å². The lowest BCUT2D eigenvalue weighted by Gasteiger charge is -2.29. The predicted molar refractivity (Wildman–Crippen MR) is 104 cm³/mol. The fraction of sp³-hybridized carbons (Fsp3) is 0.381. The van der Waals surface area contributed by atoms with Crippen molar-refractivity contribution in [3.05, 3.63) is 42.7 Å². The average Bonchev–Trinajstić information content (AvgIpc) is 3.32. The third-order valence-electron chi connectivity index (χ3n) is 4.54. The van der Waals surface area contributed by atoms with E-state index in [1.807, 2.05) is 42.7 Å². The Morgan fingerprint density at radius 1 is 1.07 bits per heavy atom. The Morgan fingerprint density at radius 3 is 2.67 bits per heavy atom. The van der Waals surface area contributed by atoms with Gasteiger partial charge in [-0.1, -0.05) is 13.8 Å². The number of furan rings is 1. The molecule has 0 saturated carbocycles. The second-order valence-corrected chi connectivity index (χ2v) is 8.01. The number of benzene rings is 1. The lowest BCUT2D eigenvalue weighted by atomic mass is 9.93. The Bertz CT molecular complexity index is 940. The molecular formula is C21H25N3O3. The summed E-state index contributed by atoms with van der Waals surface area (Å²) in [5.74, 6) is 3.90. The van der Waals surface area contributed by atoms with Gasteiger partial charge in [0.15, 0.2) is 23.1 Å². The number of nitrogens with zero attached hydrogens (tertiary/aromatic N) is 3. The number of rotatable bonds is 6. The van der Waals surface area contributed by atoms with Crippen LogP contribution in [-0.4, -0.2) is 41.9 Å². The first kappa shape index (κ1) is 17.7. The zero-order valence-electron chi connectivity index (χ0n) is 16.2. The van der Waals surface area contributed by atoms with Crippen LogP contribution in [0.1, 0.15) is 13.8 Å². The van der Waals surface area contributed by atoms with Crippen molar-refractivity contribution in [1.82, 2.24) is 14.5 Å². The Balaban J connectivity index is 1.59. The molecule has 27 heavy (non-hydrogen) atoms. The molecule has 3 heterocycles. The summed E-state index contributed by atoms with van der Waals surface area (Å²) in [6, 6.07) is 9.76. The van der Waals surface area contributed by atoms with Crippen molar-refractivity contribution in [2.24, 2.45) is 5.41 Å². The molecule has 0 radical (unpaired) electrons. The Hall–Kier alpha value is -2.73. The largest absolute Gasteiger partial charge is 0.454 e. The SMILES string of the molecule is CN(C)CC(C)(C)Cn1ccnc1-c1ccc(-c2ccc3c(c2)OCO3)o1. The van der Waals surface area contributed by atoms with E-state index in [4.69, 9.17) is 13.9 Å². The summed E-state index contributed by atoms with van der Waals surface area (Å²) in [5.41, 5.74) is 1.07. The first-order valence-electron chi connectivity index (χ1n) is 9.07. The van der Waals surface area contributed by atoms with Gasteiger partial charge in [0.1, 0.15) is 5.76 Å². The van der Waals surface area contributed by atoms with Gasteiger partial charge in [0.25, 0.3) is 0 Å². The molecule has 0 aliphatic carbocycles. The molecule has 0 amide bonds. The molecule has 1 aliphatic rings. The molecule has 0 saturated heterocycles. The lowest BCUT2D eigenvalue weighted by Crippen LogP contribution is -2.32. The van der Waals surface area contributed by atoms with Crippen LogP contribution in [0.2, 0.25) is 0 Å². The maximum absolute atomic E-state index is 6.12. The van der Waals surface area contributed by atoms with Gasteiger partial charge < -0.3 is 23.4 Å². The van der Waals surface area contributed by atoms with Crippen molar-refractivity contribution in [2.45, 2.75) is 20.4 Å². The minimum Gasteiger partial charge on any atom is -0.454 e. The summed E-state index contributed by atoms with van der Waals surface area (Å²) in [7, 11) is 4.20. The van der Waals surface area contributed by atoms with E-state index in [1.54, 1.807) is 0 Å².